The summed E-state index contributed by atoms with van der Waals surface area (Å²) in [5.41, 5.74) is 1.49. The molecule has 0 aliphatic carbocycles. The lowest BCUT2D eigenvalue weighted by atomic mass is 9.88. The van der Waals surface area contributed by atoms with Gasteiger partial charge < -0.3 is 29.2 Å². The summed E-state index contributed by atoms with van der Waals surface area (Å²) < 4.78 is 21.2. The third-order valence-corrected chi connectivity index (χ3v) is 5.91. The van der Waals surface area contributed by atoms with Crippen LogP contribution >= 0.6 is 0 Å². The van der Waals surface area contributed by atoms with Gasteiger partial charge in [-0.15, -0.1) is 0 Å². The van der Waals surface area contributed by atoms with Crippen LogP contribution in [0, 0.1) is 5.92 Å². The number of benzene rings is 2. The quantitative estimate of drug-likeness (QED) is 0.635. The molecule has 2 aliphatic rings. The van der Waals surface area contributed by atoms with Crippen LogP contribution in [0.3, 0.4) is 0 Å². The molecule has 2 atom stereocenters. The molecular weight excluding hydrogens is 412 g/mol. The lowest BCUT2D eigenvalue weighted by Gasteiger charge is -2.18. The van der Waals surface area contributed by atoms with Crippen LogP contribution in [-0.4, -0.2) is 64.0 Å². The van der Waals surface area contributed by atoms with Crippen molar-refractivity contribution in [3.05, 3.63) is 53.6 Å². The highest BCUT2D eigenvalue weighted by Gasteiger charge is 2.40. The predicted octanol–water partition coefficient (Wildman–Crippen LogP) is 2.43. The van der Waals surface area contributed by atoms with Crippen molar-refractivity contribution in [2.75, 3.05) is 47.3 Å². The molecule has 32 heavy (non-hydrogen) atoms. The van der Waals surface area contributed by atoms with E-state index >= 15 is 0 Å². The van der Waals surface area contributed by atoms with Crippen LogP contribution in [0.5, 0.6) is 17.2 Å². The highest BCUT2D eigenvalue weighted by Crippen LogP contribution is 2.37. The number of nitrogens with one attached hydrogen (secondary N) is 1. The van der Waals surface area contributed by atoms with Crippen LogP contribution in [0.2, 0.25) is 0 Å². The fourth-order valence-electron chi connectivity index (χ4n) is 4.22. The SMILES string of the molecule is COCCCNC(=O)C1CN(C(=O)c2ccc3c(c2)OCO3)CC1c1cccc(OC)c1. The third kappa shape index (κ3) is 4.65. The number of methoxy groups -OCH3 is 2. The maximum atomic E-state index is 13.3. The standard InChI is InChI=1S/C24H28N2O6/c1-29-10-4-9-25-23(27)20-14-26(13-19(20)16-5-3-6-18(11-16)30-2)24(28)17-7-8-21-22(12-17)32-15-31-21/h3,5-8,11-12,19-20H,4,9-10,13-15H2,1-2H3,(H,25,27). The van der Waals surface area contributed by atoms with Crippen LogP contribution in [-0.2, 0) is 9.53 Å². The number of ether oxygens (including phenoxy) is 4. The maximum Gasteiger partial charge on any atom is 0.254 e. The van der Waals surface area contributed by atoms with Crippen LogP contribution in [0.15, 0.2) is 42.5 Å². The lowest BCUT2D eigenvalue weighted by Crippen LogP contribution is -2.36. The Kier molecular flexibility index (Phi) is 6.80. The third-order valence-electron chi connectivity index (χ3n) is 5.91. The molecule has 2 heterocycles. The van der Waals surface area contributed by atoms with Gasteiger partial charge in [0.15, 0.2) is 11.5 Å². The van der Waals surface area contributed by atoms with Crippen molar-refractivity contribution < 1.29 is 28.5 Å². The molecule has 0 spiro atoms. The first-order valence-electron chi connectivity index (χ1n) is 10.7. The van der Waals surface area contributed by atoms with E-state index in [0.29, 0.717) is 43.3 Å². The number of fused-ring (bicyclic) bond motifs is 1. The van der Waals surface area contributed by atoms with Gasteiger partial charge in [-0.1, -0.05) is 12.1 Å². The first kappa shape index (κ1) is 22.0. The van der Waals surface area contributed by atoms with Crippen molar-refractivity contribution in [3.8, 4) is 17.2 Å². The number of carbonyl (C=O) groups excluding carboxylic acids is 2. The van der Waals surface area contributed by atoms with Gasteiger partial charge in [0.25, 0.3) is 5.91 Å². The summed E-state index contributed by atoms with van der Waals surface area (Å²) in [4.78, 5) is 28.1. The molecule has 8 heteroatoms. The molecule has 0 radical (unpaired) electrons. The zero-order valence-electron chi connectivity index (χ0n) is 18.3. The van der Waals surface area contributed by atoms with Gasteiger partial charge in [0.2, 0.25) is 12.7 Å². The number of carbonyl (C=O) groups is 2. The Bertz CT molecular complexity index is 979. The first-order valence-corrected chi connectivity index (χ1v) is 10.7. The minimum Gasteiger partial charge on any atom is -0.497 e. The van der Waals surface area contributed by atoms with Gasteiger partial charge in [0.05, 0.1) is 13.0 Å². The minimum absolute atomic E-state index is 0.0603. The Morgan fingerprint density at radius 3 is 2.75 bits per heavy atom. The van der Waals surface area contributed by atoms with E-state index in [-0.39, 0.29) is 30.4 Å². The minimum atomic E-state index is -0.359. The van der Waals surface area contributed by atoms with E-state index in [4.69, 9.17) is 18.9 Å². The van der Waals surface area contributed by atoms with E-state index in [9.17, 15) is 9.59 Å². The van der Waals surface area contributed by atoms with Crippen LogP contribution in [0.25, 0.3) is 0 Å². The summed E-state index contributed by atoms with van der Waals surface area (Å²) in [6, 6.07) is 12.9. The van der Waals surface area contributed by atoms with Crippen molar-refractivity contribution in [1.29, 1.82) is 0 Å². The summed E-state index contributed by atoms with van der Waals surface area (Å²) in [6.45, 7) is 2.05. The first-order chi connectivity index (χ1) is 15.6. The van der Waals surface area contributed by atoms with E-state index in [1.54, 1.807) is 37.3 Å². The van der Waals surface area contributed by atoms with E-state index in [0.717, 1.165) is 17.7 Å². The van der Waals surface area contributed by atoms with Gasteiger partial charge in [0.1, 0.15) is 5.75 Å². The highest BCUT2D eigenvalue weighted by atomic mass is 16.7. The second-order valence-corrected chi connectivity index (χ2v) is 7.91. The number of hydrogen-bond donors (Lipinski definition) is 1. The molecule has 0 saturated carbocycles. The zero-order chi connectivity index (χ0) is 22.5. The molecule has 1 N–H and O–H groups in total. The summed E-state index contributed by atoms with van der Waals surface area (Å²) in [5, 5.41) is 3.00. The van der Waals surface area contributed by atoms with Crippen LogP contribution in [0.4, 0.5) is 0 Å². The van der Waals surface area contributed by atoms with Gasteiger partial charge in [0, 0.05) is 44.8 Å². The van der Waals surface area contributed by atoms with Gasteiger partial charge in [-0.25, -0.2) is 0 Å². The maximum absolute atomic E-state index is 13.3. The molecule has 8 nitrogen and oxygen atoms in total. The van der Waals surface area contributed by atoms with Crippen molar-refractivity contribution in [1.82, 2.24) is 10.2 Å². The summed E-state index contributed by atoms with van der Waals surface area (Å²) in [5.74, 6) is 1.23. The number of nitrogens with zero attached hydrogens (tertiary/aromatic N) is 1. The molecule has 2 aliphatic heterocycles. The predicted molar refractivity (Wildman–Crippen MR) is 117 cm³/mol. The number of rotatable bonds is 8. The normalized spacial score (nSPS) is 19.1. The molecule has 0 bridgehead atoms. The molecule has 4 rings (SSSR count). The van der Waals surface area contributed by atoms with Crippen molar-refractivity contribution in [2.24, 2.45) is 5.92 Å². The van der Waals surface area contributed by atoms with E-state index in [1.807, 2.05) is 24.3 Å². The molecule has 2 unspecified atom stereocenters. The fraction of sp³-hybridized carbons (Fsp3) is 0.417. The Labute approximate surface area is 187 Å². The van der Waals surface area contributed by atoms with Gasteiger partial charge >= 0.3 is 0 Å². The molecule has 170 valence electrons. The van der Waals surface area contributed by atoms with Crippen molar-refractivity contribution in [3.63, 3.8) is 0 Å². The van der Waals surface area contributed by atoms with Crippen molar-refractivity contribution in [2.45, 2.75) is 12.3 Å². The summed E-state index contributed by atoms with van der Waals surface area (Å²) in [7, 11) is 3.25. The lowest BCUT2D eigenvalue weighted by molar-refractivity contribution is -0.124. The second kappa shape index (κ2) is 9.91. The van der Waals surface area contributed by atoms with Gasteiger partial charge in [-0.3, -0.25) is 9.59 Å². The molecule has 2 amide bonds. The topological polar surface area (TPSA) is 86.3 Å². The zero-order valence-corrected chi connectivity index (χ0v) is 18.3. The summed E-state index contributed by atoms with van der Waals surface area (Å²) in [6.07, 6.45) is 0.735. The number of hydrogen-bond acceptors (Lipinski definition) is 6. The number of amides is 2. The average molecular weight is 440 g/mol. The van der Waals surface area contributed by atoms with Crippen LogP contribution < -0.4 is 19.5 Å². The van der Waals surface area contributed by atoms with Crippen LogP contribution in [0.1, 0.15) is 28.3 Å². The van der Waals surface area contributed by atoms with E-state index in [1.165, 1.54) is 0 Å². The molecule has 1 saturated heterocycles. The molecule has 0 aromatic heterocycles. The Morgan fingerprint density at radius 1 is 1.09 bits per heavy atom. The molecule has 2 aromatic rings. The van der Waals surface area contributed by atoms with Crippen molar-refractivity contribution >= 4 is 11.8 Å². The highest BCUT2D eigenvalue weighted by molar-refractivity contribution is 5.96. The van der Waals surface area contributed by atoms with Gasteiger partial charge in [-0.05, 0) is 42.3 Å². The van der Waals surface area contributed by atoms with E-state index < -0.39 is 0 Å². The van der Waals surface area contributed by atoms with Gasteiger partial charge in [-0.2, -0.15) is 0 Å². The Morgan fingerprint density at radius 2 is 1.94 bits per heavy atom. The smallest absolute Gasteiger partial charge is 0.254 e. The van der Waals surface area contributed by atoms with E-state index in [2.05, 4.69) is 5.32 Å². The molecular formula is C24H28N2O6. The fourth-order valence-corrected chi connectivity index (χ4v) is 4.22. The Hall–Kier alpha value is -3.26. The summed E-state index contributed by atoms with van der Waals surface area (Å²) >= 11 is 0. The second-order valence-electron chi connectivity index (χ2n) is 7.91. The monoisotopic (exact) mass is 440 g/mol. The average Bonchev–Trinajstić information content (AvgIpc) is 3.48. The Balaban J connectivity index is 1.54. The largest absolute Gasteiger partial charge is 0.497 e. The molecule has 2 aromatic carbocycles. The number of likely N-dealkylation sites (tertiary alicyclic amines) is 1. The molecule has 1 fully saturated rings.